The summed E-state index contributed by atoms with van der Waals surface area (Å²) in [5.74, 6) is 0.623. The standard InChI is InChI=1S/C20H29NO2Si/c1-23-20(22)21-14-8-12-18-16(9-7-13-19(18)21)15-24(2,3)17-10-5-4-6-11-17/h4-6,10-12,16,19H,7-9,13-15H2,1-3H3/t16-,19+/m0/s1. The Morgan fingerprint density at radius 1 is 1.25 bits per heavy atom. The molecular formula is C20H29NO2Si. The predicted octanol–water partition coefficient (Wildman–Crippen LogP) is 4.17. The Hall–Kier alpha value is -1.55. The molecule has 0 N–H and O–H groups in total. The molecule has 0 radical (unpaired) electrons. The fraction of sp³-hybridized carbons (Fsp3) is 0.550. The van der Waals surface area contributed by atoms with E-state index in [-0.39, 0.29) is 12.1 Å². The summed E-state index contributed by atoms with van der Waals surface area (Å²) in [6, 6.07) is 12.5. The summed E-state index contributed by atoms with van der Waals surface area (Å²) in [6.45, 7) is 5.76. The van der Waals surface area contributed by atoms with E-state index in [1.807, 2.05) is 4.90 Å². The molecule has 1 aromatic rings. The molecule has 1 heterocycles. The summed E-state index contributed by atoms with van der Waals surface area (Å²) in [5, 5.41) is 1.54. The number of methoxy groups -OCH3 is 1. The van der Waals surface area contributed by atoms with E-state index in [9.17, 15) is 4.79 Å². The van der Waals surface area contributed by atoms with Crippen molar-refractivity contribution in [3.63, 3.8) is 0 Å². The van der Waals surface area contributed by atoms with Gasteiger partial charge in [0.25, 0.3) is 0 Å². The Morgan fingerprint density at radius 2 is 2.00 bits per heavy atom. The highest BCUT2D eigenvalue weighted by Crippen LogP contribution is 2.40. The van der Waals surface area contributed by atoms with Gasteiger partial charge in [0.2, 0.25) is 0 Å². The Balaban J connectivity index is 1.79. The van der Waals surface area contributed by atoms with Gasteiger partial charge in [-0.05, 0) is 36.8 Å². The number of amides is 1. The molecule has 0 bridgehead atoms. The van der Waals surface area contributed by atoms with Gasteiger partial charge in [0.15, 0.2) is 0 Å². The minimum Gasteiger partial charge on any atom is -0.453 e. The number of nitrogens with zero attached hydrogens (tertiary/aromatic N) is 1. The number of carbonyl (C=O) groups is 1. The largest absolute Gasteiger partial charge is 0.453 e. The van der Waals surface area contributed by atoms with E-state index in [1.54, 1.807) is 0 Å². The Morgan fingerprint density at radius 3 is 2.71 bits per heavy atom. The smallest absolute Gasteiger partial charge is 0.409 e. The van der Waals surface area contributed by atoms with Gasteiger partial charge in [-0.15, -0.1) is 0 Å². The summed E-state index contributed by atoms with van der Waals surface area (Å²) in [5.41, 5.74) is 1.51. The number of fused-ring (bicyclic) bond motifs is 1. The van der Waals surface area contributed by atoms with E-state index in [4.69, 9.17) is 4.74 Å². The number of ether oxygens (including phenoxy) is 1. The highest BCUT2D eigenvalue weighted by Gasteiger charge is 2.38. The minimum absolute atomic E-state index is 0.161. The van der Waals surface area contributed by atoms with Gasteiger partial charge in [-0.3, -0.25) is 0 Å². The average Bonchev–Trinajstić information content (AvgIpc) is 2.61. The van der Waals surface area contributed by atoms with Crippen LogP contribution in [0.1, 0.15) is 25.7 Å². The minimum atomic E-state index is -1.48. The summed E-state index contributed by atoms with van der Waals surface area (Å²) in [7, 11) is 0.0159. The van der Waals surface area contributed by atoms with Crippen LogP contribution in [0.25, 0.3) is 0 Å². The van der Waals surface area contributed by atoms with Crippen molar-refractivity contribution in [1.29, 1.82) is 0 Å². The number of hydrogen-bond acceptors (Lipinski definition) is 2. The molecule has 3 nitrogen and oxygen atoms in total. The van der Waals surface area contributed by atoms with Crippen LogP contribution in [-0.2, 0) is 4.74 Å². The van der Waals surface area contributed by atoms with E-state index >= 15 is 0 Å². The number of carbonyl (C=O) groups excluding carboxylic acids is 1. The maximum absolute atomic E-state index is 12.1. The lowest BCUT2D eigenvalue weighted by atomic mass is 9.79. The molecule has 1 aliphatic carbocycles. The van der Waals surface area contributed by atoms with E-state index in [0.717, 1.165) is 19.4 Å². The second-order valence-corrected chi connectivity index (χ2v) is 12.5. The molecule has 4 heteroatoms. The van der Waals surface area contributed by atoms with Crippen molar-refractivity contribution in [1.82, 2.24) is 4.90 Å². The molecule has 0 aromatic heterocycles. The van der Waals surface area contributed by atoms with E-state index < -0.39 is 8.07 Å². The first kappa shape index (κ1) is 17.3. The molecule has 1 fully saturated rings. The Kier molecular flexibility index (Phi) is 5.14. The summed E-state index contributed by atoms with van der Waals surface area (Å²) in [4.78, 5) is 14.1. The van der Waals surface area contributed by atoms with Gasteiger partial charge in [0, 0.05) is 6.54 Å². The van der Waals surface area contributed by atoms with Crippen LogP contribution in [0.5, 0.6) is 0 Å². The molecule has 2 aliphatic rings. The van der Waals surface area contributed by atoms with Crippen molar-refractivity contribution < 1.29 is 9.53 Å². The Bertz CT molecular complexity index is 611. The molecule has 3 rings (SSSR count). The van der Waals surface area contributed by atoms with Crippen LogP contribution in [-0.4, -0.2) is 38.8 Å². The fourth-order valence-corrected chi connectivity index (χ4v) is 7.51. The van der Waals surface area contributed by atoms with Gasteiger partial charge >= 0.3 is 6.09 Å². The summed E-state index contributed by atoms with van der Waals surface area (Å²) >= 11 is 0. The van der Waals surface area contributed by atoms with Gasteiger partial charge in [-0.1, -0.05) is 61.1 Å². The lowest BCUT2D eigenvalue weighted by Crippen LogP contribution is -2.49. The maximum atomic E-state index is 12.1. The molecule has 1 aromatic carbocycles. The highest BCUT2D eigenvalue weighted by atomic mass is 28.3. The second kappa shape index (κ2) is 7.14. The lowest BCUT2D eigenvalue weighted by Gasteiger charge is -2.43. The van der Waals surface area contributed by atoms with Gasteiger partial charge in [0.05, 0.1) is 21.2 Å². The van der Waals surface area contributed by atoms with Crippen molar-refractivity contribution in [3.8, 4) is 0 Å². The molecule has 1 amide bonds. The van der Waals surface area contributed by atoms with E-state index in [0.29, 0.717) is 5.92 Å². The van der Waals surface area contributed by atoms with Crippen molar-refractivity contribution >= 4 is 19.4 Å². The second-order valence-electron chi connectivity index (χ2n) is 7.75. The van der Waals surface area contributed by atoms with Crippen LogP contribution >= 0.6 is 0 Å². The molecule has 1 aliphatic heterocycles. The molecule has 130 valence electrons. The van der Waals surface area contributed by atoms with Gasteiger partial charge < -0.3 is 9.64 Å². The molecule has 0 saturated heterocycles. The summed E-state index contributed by atoms with van der Waals surface area (Å²) < 4.78 is 5.01. The molecule has 24 heavy (non-hydrogen) atoms. The highest BCUT2D eigenvalue weighted by molar-refractivity contribution is 6.89. The van der Waals surface area contributed by atoms with Crippen molar-refractivity contribution in [3.05, 3.63) is 42.0 Å². The zero-order valence-electron chi connectivity index (χ0n) is 15.1. The predicted molar refractivity (Wildman–Crippen MR) is 101 cm³/mol. The van der Waals surface area contributed by atoms with Crippen molar-refractivity contribution in [2.45, 2.75) is 50.9 Å². The van der Waals surface area contributed by atoms with Crippen LogP contribution in [0.4, 0.5) is 4.79 Å². The normalized spacial score (nSPS) is 24.1. The fourth-order valence-electron chi connectivity index (χ4n) is 4.51. The monoisotopic (exact) mass is 343 g/mol. The molecule has 2 atom stereocenters. The molecular weight excluding hydrogens is 314 g/mol. The van der Waals surface area contributed by atoms with Crippen molar-refractivity contribution in [2.24, 2.45) is 5.92 Å². The van der Waals surface area contributed by atoms with Crippen LogP contribution in [0.3, 0.4) is 0 Å². The first-order valence-corrected chi connectivity index (χ1v) is 12.3. The number of hydrogen-bond donors (Lipinski definition) is 0. The third-order valence-corrected chi connectivity index (χ3v) is 9.14. The SMILES string of the molecule is COC(=O)N1CCC=C2[C@H](C[Si](C)(C)c3ccccc3)CCC[C@H]21. The maximum Gasteiger partial charge on any atom is 0.409 e. The van der Waals surface area contributed by atoms with Crippen LogP contribution < -0.4 is 5.19 Å². The first-order chi connectivity index (χ1) is 11.5. The quantitative estimate of drug-likeness (QED) is 0.609. The molecule has 0 unspecified atom stereocenters. The van der Waals surface area contributed by atoms with Gasteiger partial charge in [-0.2, -0.15) is 0 Å². The van der Waals surface area contributed by atoms with Gasteiger partial charge in [-0.25, -0.2) is 4.79 Å². The third kappa shape index (κ3) is 3.43. The van der Waals surface area contributed by atoms with Crippen LogP contribution in [0.15, 0.2) is 42.0 Å². The van der Waals surface area contributed by atoms with Crippen LogP contribution in [0.2, 0.25) is 19.1 Å². The summed E-state index contributed by atoms with van der Waals surface area (Å²) in [6.07, 6.45) is 6.78. The molecule has 1 saturated carbocycles. The topological polar surface area (TPSA) is 29.5 Å². The van der Waals surface area contributed by atoms with Crippen LogP contribution in [0, 0.1) is 5.92 Å². The number of benzene rings is 1. The zero-order chi connectivity index (χ0) is 17.2. The first-order valence-electron chi connectivity index (χ1n) is 9.13. The lowest BCUT2D eigenvalue weighted by molar-refractivity contribution is 0.0997. The van der Waals surface area contributed by atoms with E-state index in [2.05, 4.69) is 49.5 Å². The zero-order valence-corrected chi connectivity index (χ0v) is 16.1. The average molecular weight is 344 g/mol. The van der Waals surface area contributed by atoms with E-state index in [1.165, 1.54) is 36.8 Å². The molecule has 0 spiro atoms. The van der Waals surface area contributed by atoms with Crippen molar-refractivity contribution in [2.75, 3.05) is 13.7 Å². The Labute approximate surface area is 146 Å². The third-order valence-electron chi connectivity index (χ3n) is 5.73. The van der Waals surface area contributed by atoms with Gasteiger partial charge in [0.1, 0.15) is 0 Å². The number of rotatable bonds is 3.